The molecule has 1 saturated heterocycles. The molecule has 26 heavy (non-hydrogen) atoms. The summed E-state index contributed by atoms with van der Waals surface area (Å²) < 4.78 is 25.4. The van der Waals surface area contributed by atoms with Gasteiger partial charge >= 0.3 is 0 Å². The predicted molar refractivity (Wildman–Crippen MR) is 99.6 cm³/mol. The van der Waals surface area contributed by atoms with Crippen LogP contribution in [0.3, 0.4) is 0 Å². The van der Waals surface area contributed by atoms with Gasteiger partial charge in [-0.3, -0.25) is 4.79 Å². The van der Waals surface area contributed by atoms with E-state index in [1.54, 1.807) is 12.3 Å². The molecule has 3 aromatic rings. The zero-order valence-corrected chi connectivity index (χ0v) is 15.2. The second-order valence-electron chi connectivity index (χ2n) is 6.84. The number of aryl methyl sites for hydroxylation is 1. The quantitative estimate of drug-likeness (QED) is 0.732. The molecule has 4 rings (SSSR count). The van der Waals surface area contributed by atoms with Gasteiger partial charge in [0.25, 0.3) is 5.91 Å². The summed E-state index contributed by atoms with van der Waals surface area (Å²) in [7, 11) is -1.04. The summed E-state index contributed by atoms with van der Waals surface area (Å²) in [5, 5.41) is 0.906. The number of aromatic nitrogens is 3. The molecule has 8 heteroatoms. The van der Waals surface area contributed by atoms with Crippen molar-refractivity contribution in [2.24, 2.45) is 12.8 Å². The number of imidazole rings is 1. The van der Waals surface area contributed by atoms with E-state index in [1.807, 2.05) is 30.1 Å². The molecule has 1 aliphatic heterocycles. The molecule has 0 spiro atoms. The van der Waals surface area contributed by atoms with Gasteiger partial charge in [-0.1, -0.05) is 0 Å². The Bertz CT molecular complexity index is 1100. The third-order valence-corrected chi connectivity index (χ3v) is 6.88. The van der Waals surface area contributed by atoms with Crippen LogP contribution < -0.4 is 5.73 Å². The fourth-order valence-corrected chi connectivity index (χ4v) is 5.25. The average Bonchev–Trinajstić information content (AvgIpc) is 3.20. The lowest BCUT2D eigenvalue weighted by atomic mass is 9.91. The number of sulfone groups is 1. The summed E-state index contributed by atoms with van der Waals surface area (Å²) in [6, 6.07) is 3.75. The lowest BCUT2D eigenvalue weighted by Crippen LogP contribution is -2.22. The number of benzene rings is 1. The van der Waals surface area contributed by atoms with Gasteiger partial charge in [-0.25, -0.2) is 13.4 Å². The number of hydrogen-bond donors (Lipinski definition) is 2. The Kier molecular flexibility index (Phi) is 3.87. The van der Waals surface area contributed by atoms with Crippen molar-refractivity contribution in [1.29, 1.82) is 0 Å². The Hall–Kier alpha value is -2.61. The maximum absolute atomic E-state index is 12.0. The number of fused-ring (bicyclic) bond motifs is 1. The van der Waals surface area contributed by atoms with E-state index in [0.717, 1.165) is 22.3 Å². The van der Waals surface area contributed by atoms with Crippen molar-refractivity contribution < 1.29 is 13.2 Å². The van der Waals surface area contributed by atoms with Gasteiger partial charge in [-0.2, -0.15) is 0 Å². The van der Waals surface area contributed by atoms with E-state index in [4.69, 9.17) is 5.73 Å². The van der Waals surface area contributed by atoms with Gasteiger partial charge in [0.2, 0.25) is 0 Å². The van der Waals surface area contributed by atoms with Crippen molar-refractivity contribution in [2.75, 3.05) is 11.5 Å². The number of nitrogens with two attached hydrogens (primary N) is 1. The van der Waals surface area contributed by atoms with Crippen LogP contribution in [0.15, 0.2) is 30.7 Å². The summed E-state index contributed by atoms with van der Waals surface area (Å²) in [6.07, 6.45) is 6.60. The number of amides is 1. The largest absolute Gasteiger partial charge is 0.366 e. The van der Waals surface area contributed by atoms with Gasteiger partial charge in [-0.15, -0.1) is 0 Å². The minimum absolute atomic E-state index is 0.143. The number of aromatic amines is 1. The highest BCUT2D eigenvalue weighted by Crippen LogP contribution is 2.36. The minimum Gasteiger partial charge on any atom is -0.366 e. The molecule has 0 saturated carbocycles. The molecule has 0 bridgehead atoms. The Labute approximate surface area is 151 Å². The molecular formula is C18H20N4O3S. The summed E-state index contributed by atoms with van der Waals surface area (Å²) in [5.74, 6) is 0.779. The van der Waals surface area contributed by atoms with E-state index in [-0.39, 0.29) is 17.4 Å². The smallest absolute Gasteiger partial charge is 0.250 e. The average molecular weight is 372 g/mol. The number of H-pyrrole nitrogens is 1. The van der Waals surface area contributed by atoms with Gasteiger partial charge in [0, 0.05) is 36.6 Å². The van der Waals surface area contributed by atoms with Crippen LogP contribution in [0.25, 0.3) is 22.3 Å². The number of carbonyl (C=O) groups is 1. The van der Waals surface area contributed by atoms with Crippen LogP contribution in [0.5, 0.6) is 0 Å². The molecule has 0 unspecified atom stereocenters. The van der Waals surface area contributed by atoms with E-state index in [1.165, 1.54) is 0 Å². The van der Waals surface area contributed by atoms with Gasteiger partial charge in [0.1, 0.15) is 15.7 Å². The summed E-state index contributed by atoms with van der Waals surface area (Å²) in [6.45, 7) is 0. The van der Waals surface area contributed by atoms with Crippen LogP contribution >= 0.6 is 0 Å². The number of nitrogens with zero attached hydrogens (tertiary/aromatic N) is 2. The van der Waals surface area contributed by atoms with Crippen molar-refractivity contribution in [3.05, 3.63) is 41.9 Å². The van der Waals surface area contributed by atoms with Gasteiger partial charge < -0.3 is 15.3 Å². The second-order valence-corrected chi connectivity index (χ2v) is 9.15. The van der Waals surface area contributed by atoms with E-state index < -0.39 is 15.7 Å². The topological polar surface area (TPSA) is 111 Å². The fraction of sp³-hybridized carbons (Fsp3) is 0.333. The standard InChI is InChI=1S/C18H20N4O3S/c1-22-5-4-20-18(22)12-8-13-15(11-2-6-26(24,25)7-3-11)10-21-16(13)14(9-12)17(19)23/h4-5,8-11,21H,2-3,6-7H2,1H3,(H2,19,23). The first kappa shape index (κ1) is 16.8. The van der Waals surface area contributed by atoms with Crippen LogP contribution in [0.2, 0.25) is 0 Å². The van der Waals surface area contributed by atoms with Crippen molar-refractivity contribution in [1.82, 2.24) is 14.5 Å². The number of carbonyl (C=O) groups excluding carboxylic acids is 1. The first-order valence-electron chi connectivity index (χ1n) is 8.48. The highest BCUT2D eigenvalue weighted by atomic mass is 32.2. The van der Waals surface area contributed by atoms with Crippen molar-refractivity contribution in [2.45, 2.75) is 18.8 Å². The van der Waals surface area contributed by atoms with Crippen molar-refractivity contribution in [3.8, 4) is 11.4 Å². The van der Waals surface area contributed by atoms with Gasteiger partial charge in [0.15, 0.2) is 0 Å². The fourth-order valence-electron chi connectivity index (χ4n) is 3.76. The lowest BCUT2D eigenvalue weighted by molar-refractivity contribution is 0.100. The zero-order chi connectivity index (χ0) is 18.5. The van der Waals surface area contributed by atoms with Crippen LogP contribution in [-0.2, 0) is 16.9 Å². The summed E-state index contributed by atoms with van der Waals surface area (Å²) in [5.41, 5.74) is 8.55. The van der Waals surface area contributed by atoms with Crippen LogP contribution in [-0.4, -0.2) is 40.4 Å². The SMILES string of the molecule is Cn1ccnc1-c1cc(C(N)=O)c2[nH]cc(C3CCS(=O)(=O)CC3)c2c1. The lowest BCUT2D eigenvalue weighted by Gasteiger charge is -2.21. The van der Waals surface area contributed by atoms with Crippen LogP contribution in [0, 0.1) is 0 Å². The number of primary amides is 1. The molecular weight excluding hydrogens is 352 g/mol. The number of rotatable bonds is 3. The van der Waals surface area contributed by atoms with E-state index >= 15 is 0 Å². The monoisotopic (exact) mass is 372 g/mol. The molecule has 7 nitrogen and oxygen atoms in total. The molecule has 3 N–H and O–H groups in total. The Morgan fingerprint density at radius 2 is 2.04 bits per heavy atom. The van der Waals surface area contributed by atoms with Gasteiger partial charge in [0.05, 0.1) is 22.6 Å². The number of nitrogens with one attached hydrogen (secondary N) is 1. The third kappa shape index (κ3) is 2.80. The molecule has 2 aromatic heterocycles. The minimum atomic E-state index is -2.93. The van der Waals surface area contributed by atoms with Gasteiger partial charge in [-0.05, 0) is 36.5 Å². The van der Waals surface area contributed by atoms with E-state index in [2.05, 4.69) is 9.97 Å². The molecule has 1 amide bonds. The molecule has 0 aliphatic carbocycles. The normalized spacial score (nSPS) is 17.6. The molecule has 0 atom stereocenters. The maximum atomic E-state index is 12.0. The van der Waals surface area contributed by atoms with Crippen LogP contribution in [0.4, 0.5) is 0 Å². The van der Waals surface area contributed by atoms with E-state index in [9.17, 15) is 13.2 Å². The van der Waals surface area contributed by atoms with E-state index in [0.29, 0.717) is 23.9 Å². The molecule has 1 fully saturated rings. The van der Waals surface area contributed by atoms with Crippen molar-refractivity contribution >= 4 is 26.6 Å². The van der Waals surface area contributed by atoms with Crippen LogP contribution in [0.1, 0.15) is 34.7 Å². The molecule has 3 heterocycles. The highest BCUT2D eigenvalue weighted by molar-refractivity contribution is 7.91. The third-order valence-electron chi connectivity index (χ3n) is 5.16. The second kappa shape index (κ2) is 5.98. The Balaban J connectivity index is 1.87. The Morgan fingerprint density at radius 3 is 2.65 bits per heavy atom. The molecule has 136 valence electrons. The maximum Gasteiger partial charge on any atom is 0.250 e. The summed E-state index contributed by atoms with van der Waals surface area (Å²) >= 11 is 0. The summed E-state index contributed by atoms with van der Waals surface area (Å²) in [4.78, 5) is 19.5. The first-order chi connectivity index (χ1) is 12.4. The molecule has 1 aliphatic rings. The molecule has 1 aromatic carbocycles. The van der Waals surface area contributed by atoms with Crippen molar-refractivity contribution in [3.63, 3.8) is 0 Å². The predicted octanol–water partition coefficient (Wildman–Crippen LogP) is 1.96. The number of hydrogen-bond acceptors (Lipinski definition) is 4. The highest BCUT2D eigenvalue weighted by Gasteiger charge is 2.27. The zero-order valence-electron chi connectivity index (χ0n) is 14.4. The first-order valence-corrected chi connectivity index (χ1v) is 10.3. The Morgan fingerprint density at radius 1 is 1.31 bits per heavy atom. The molecule has 0 radical (unpaired) electrons.